The maximum absolute atomic E-state index is 12.4. The molecular formula is C16H24N2O2. The van der Waals surface area contributed by atoms with Crippen LogP contribution in [0.25, 0.3) is 0 Å². The second-order valence-corrected chi connectivity index (χ2v) is 5.25. The van der Waals surface area contributed by atoms with Gasteiger partial charge in [-0.05, 0) is 56.4 Å². The molecule has 0 bridgehead atoms. The van der Waals surface area contributed by atoms with Gasteiger partial charge in [0.05, 0.1) is 0 Å². The molecule has 1 aromatic rings. The van der Waals surface area contributed by atoms with Gasteiger partial charge >= 0.3 is 0 Å². The molecule has 1 saturated heterocycles. The Kier molecular flexibility index (Phi) is 5.01. The lowest BCUT2D eigenvalue weighted by Gasteiger charge is -2.24. The van der Waals surface area contributed by atoms with Crippen molar-refractivity contribution in [2.45, 2.75) is 32.6 Å². The number of carbonyl (C=O) groups excluding carboxylic acids is 1. The third-order valence-electron chi connectivity index (χ3n) is 3.97. The molecule has 4 nitrogen and oxygen atoms in total. The quantitative estimate of drug-likeness (QED) is 0.860. The Balaban J connectivity index is 2.25. The van der Waals surface area contributed by atoms with E-state index in [1.807, 2.05) is 30.9 Å². The van der Waals surface area contributed by atoms with Gasteiger partial charge in [0.15, 0.2) is 0 Å². The smallest absolute Gasteiger partial charge is 0.253 e. The van der Waals surface area contributed by atoms with Gasteiger partial charge in [0, 0.05) is 37.6 Å². The van der Waals surface area contributed by atoms with Crippen LogP contribution in [0, 0.1) is 0 Å². The van der Waals surface area contributed by atoms with Crippen LogP contribution in [0.4, 0.5) is 5.69 Å². The van der Waals surface area contributed by atoms with E-state index in [0.29, 0.717) is 17.2 Å². The van der Waals surface area contributed by atoms with E-state index in [9.17, 15) is 4.79 Å². The lowest BCUT2D eigenvalue weighted by Crippen LogP contribution is -2.30. The van der Waals surface area contributed by atoms with Crippen LogP contribution in [-0.4, -0.2) is 37.1 Å². The molecule has 1 fully saturated rings. The van der Waals surface area contributed by atoms with Crippen LogP contribution in [0.5, 0.6) is 0 Å². The maximum atomic E-state index is 12.4. The lowest BCUT2D eigenvalue weighted by molar-refractivity contribution is 0.0772. The molecule has 0 saturated carbocycles. The van der Waals surface area contributed by atoms with E-state index in [0.717, 1.165) is 39.1 Å². The number of carbonyl (C=O) groups is 1. The number of anilines is 1. The summed E-state index contributed by atoms with van der Waals surface area (Å²) < 4.78 is 5.40. The summed E-state index contributed by atoms with van der Waals surface area (Å²) in [5.74, 6) is 0.520. The summed E-state index contributed by atoms with van der Waals surface area (Å²) in [7, 11) is 0. The second-order valence-electron chi connectivity index (χ2n) is 5.25. The topological polar surface area (TPSA) is 55.6 Å². The predicted octanol–water partition coefficient (Wildman–Crippen LogP) is 2.64. The van der Waals surface area contributed by atoms with E-state index < -0.39 is 0 Å². The van der Waals surface area contributed by atoms with E-state index in [1.54, 1.807) is 6.07 Å². The number of nitrogens with two attached hydrogens (primary N) is 1. The SMILES string of the molecule is CCN(CC)C(=O)c1cc(N)cc(C2CCOCC2)c1. The number of ether oxygens (including phenoxy) is 1. The number of hydrogen-bond acceptors (Lipinski definition) is 3. The van der Waals surface area contributed by atoms with Crippen molar-refractivity contribution in [3.63, 3.8) is 0 Å². The Labute approximate surface area is 120 Å². The summed E-state index contributed by atoms with van der Waals surface area (Å²) in [6.07, 6.45) is 2.00. The number of nitrogens with zero attached hydrogens (tertiary/aromatic N) is 1. The molecular weight excluding hydrogens is 252 g/mol. The number of hydrogen-bond donors (Lipinski definition) is 1. The average molecular weight is 276 g/mol. The summed E-state index contributed by atoms with van der Waals surface area (Å²) in [6.45, 7) is 7.01. The van der Waals surface area contributed by atoms with Gasteiger partial charge < -0.3 is 15.4 Å². The molecule has 2 N–H and O–H groups in total. The molecule has 0 radical (unpaired) electrons. The zero-order valence-electron chi connectivity index (χ0n) is 12.4. The molecule has 1 aromatic carbocycles. The number of benzene rings is 1. The first kappa shape index (κ1) is 14.9. The Hall–Kier alpha value is -1.55. The minimum atomic E-state index is 0.0654. The summed E-state index contributed by atoms with van der Waals surface area (Å²) >= 11 is 0. The van der Waals surface area contributed by atoms with E-state index in [-0.39, 0.29) is 5.91 Å². The van der Waals surface area contributed by atoms with Gasteiger partial charge in [0.25, 0.3) is 5.91 Å². The van der Waals surface area contributed by atoms with Gasteiger partial charge in [0.1, 0.15) is 0 Å². The highest BCUT2D eigenvalue weighted by Crippen LogP contribution is 2.29. The van der Waals surface area contributed by atoms with E-state index in [4.69, 9.17) is 10.5 Å². The van der Waals surface area contributed by atoms with Crippen molar-refractivity contribution >= 4 is 11.6 Å². The number of rotatable bonds is 4. The Morgan fingerprint density at radius 1 is 1.25 bits per heavy atom. The summed E-state index contributed by atoms with van der Waals surface area (Å²) in [4.78, 5) is 14.3. The van der Waals surface area contributed by atoms with Gasteiger partial charge in [-0.3, -0.25) is 4.79 Å². The van der Waals surface area contributed by atoms with Gasteiger partial charge in [-0.2, -0.15) is 0 Å². The van der Waals surface area contributed by atoms with Crippen LogP contribution in [0.2, 0.25) is 0 Å². The van der Waals surface area contributed by atoms with Crippen LogP contribution in [0.15, 0.2) is 18.2 Å². The Morgan fingerprint density at radius 3 is 2.50 bits per heavy atom. The number of amides is 1. The predicted molar refractivity (Wildman–Crippen MR) is 80.9 cm³/mol. The normalized spacial score (nSPS) is 16.1. The largest absolute Gasteiger partial charge is 0.399 e. The summed E-state index contributed by atoms with van der Waals surface area (Å²) in [5, 5.41) is 0. The van der Waals surface area contributed by atoms with Crippen LogP contribution in [-0.2, 0) is 4.74 Å². The van der Waals surface area contributed by atoms with Crippen molar-refractivity contribution in [2.75, 3.05) is 32.0 Å². The number of nitrogen functional groups attached to an aromatic ring is 1. The van der Waals surface area contributed by atoms with Gasteiger partial charge in [-0.15, -0.1) is 0 Å². The van der Waals surface area contributed by atoms with Gasteiger partial charge in [-0.1, -0.05) is 0 Å². The zero-order chi connectivity index (χ0) is 14.5. The highest BCUT2D eigenvalue weighted by atomic mass is 16.5. The van der Waals surface area contributed by atoms with Crippen LogP contribution in [0.1, 0.15) is 48.5 Å². The molecule has 0 atom stereocenters. The molecule has 1 amide bonds. The van der Waals surface area contributed by atoms with Crippen molar-refractivity contribution in [2.24, 2.45) is 0 Å². The molecule has 0 spiro atoms. The summed E-state index contributed by atoms with van der Waals surface area (Å²) in [5.41, 5.74) is 8.53. The molecule has 1 heterocycles. The monoisotopic (exact) mass is 276 g/mol. The molecule has 4 heteroatoms. The average Bonchev–Trinajstić information content (AvgIpc) is 2.48. The van der Waals surface area contributed by atoms with Crippen molar-refractivity contribution in [3.05, 3.63) is 29.3 Å². The first-order valence-electron chi connectivity index (χ1n) is 7.43. The zero-order valence-corrected chi connectivity index (χ0v) is 12.4. The molecule has 2 rings (SSSR count). The minimum Gasteiger partial charge on any atom is -0.399 e. The Morgan fingerprint density at radius 2 is 1.90 bits per heavy atom. The third-order valence-corrected chi connectivity index (χ3v) is 3.97. The highest BCUT2D eigenvalue weighted by molar-refractivity contribution is 5.95. The fourth-order valence-corrected chi connectivity index (χ4v) is 2.76. The van der Waals surface area contributed by atoms with E-state index in [1.165, 1.54) is 5.56 Å². The molecule has 1 aliphatic rings. The Bertz CT molecular complexity index is 464. The maximum Gasteiger partial charge on any atom is 0.253 e. The van der Waals surface area contributed by atoms with Crippen molar-refractivity contribution in [1.82, 2.24) is 4.90 Å². The first-order chi connectivity index (χ1) is 9.65. The van der Waals surface area contributed by atoms with Gasteiger partial charge in [-0.25, -0.2) is 0 Å². The van der Waals surface area contributed by atoms with Crippen molar-refractivity contribution in [1.29, 1.82) is 0 Å². The highest BCUT2D eigenvalue weighted by Gasteiger charge is 2.19. The lowest BCUT2D eigenvalue weighted by atomic mass is 9.90. The van der Waals surface area contributed by atoms with Crippen LogP contribution < -0.4 is 5.73 Å². The fraction of sp³-hybridized carbons (Fsp3) is 0.562. The standard InChI is InChI=1S/C16H24N2O2/c1-3-18(4-2)16(19)14-9-13(10-15(17)11-14)12-5-7-20-8-6-12/h9-12H,3-8,17H2,1-2H3. The fourth-order valence-electron chi connectivity index (χ4n) is 2.76. The van der Waals surface area contributed by atoms with Crippen molar-refractivity contribution < 1.29 is 9.53 Å². The van der Waals surface area contributed by atoms with Crippen LogP contribution in [0.3, 0.4) is 0 Å². The molecule has 110 valence electrons. The van der Waals surface area contributed by atoms with E-state index in [2.05, 4.69) is 0 Å². The molecule has 20 heavy (non-hydrogen) atoms. The molecule has 0 unspecified atom stereocenters. The van der Waals surface area contributed by atoms with Crippen molar-refractivity contribution in [3.8, 4) is 0 Å². The molecule has 0 aromatic heterocycles. The molecule has 1 aliphatic heterocycles. The van der Waals surface area contributed by atoms with Gasteiger partial charge in [0.2, 0.25) is 0 Å². The summed E-state index contributed by atoms with van der Waals surface area (Å²) in [6, 6.07) is 5.78. The third kappa shape index (κ3) is 3.31. The first-order valence-corrected chi connectivity index (χ1v) is 7.43. The molecule has 0 aliphatic carbocycles. The second kappa shape index (κ2) is 6.75. The minimum absolute atomic E-state index is 0.0654. The van der Waals surface area contributed by atoms with E-state index >= 15 is 0 Å². The van der Waals surface area contributed by atoms with Crippen LogP contribution >= 0.6 is 0 Å².